The number of carbonyl (C=O) groups excluding carboxylic acids is 2. The summed E-state index contributed by atoms with van der Waals surface area (Å²) in [5.41, 5.74) is 13.3. The number of rotatable bonds is 4. The van der Waals surface area contributed by atoms with E-state index >= 15 is 0 Å². The summed E-state index contributed by atoms with van der Waals surface area (Å²) >= 11 is 0. The van der Waals surface area contributed by atoms with Gasteiger partial charge >= 0.3 is 5.97 Å². The van der Waals surface area contributed by atoms with Gasteiger partial charge in [0.25, 0.3) is 0 Å². The predicted molar refractivity (Wildman–Crippen MR) is 64.4 cm³/mol. The molecular weight excluding hydrogens is 220 g/mol. The van der Waals surface area contributed by atoms with Gasteiger partial charge in [-0.1, -0.05) is 6.07 Å². The Morgan fingerprint density at radius 1 is 1.24 bits per heavy atom. The number of nitrogens with two attached hydrogens (primary N) is 2. The maximum Gasteiger partial charge on any atom is 0.338 e. The third kappa shape index (κ3) is 3.48. The molecule has 92 valence electrons. The maximum atomic E-state index is 11.7. The molecule has 17 heavy (non-hydrogen) atoms. The highest BCUT2D eigenvalue weighted by atomic mass is 16.5. The van der Waals surface area contributed by atoms with Crippen molar-refractivity contribution in [2.75, 3.05) is 12.3 Å². The van der Waals surface area contributed by atoms with Crippen molar-refractivity contribution in [3.63, 3.8) is 0 Å². The molecule has 5 nitrogen and oxygen atoms in total. The summed E-state index contributed by atoms with van der Waals surface area (Å²) in [5.74, 6) is -0.992. The zero-order chi connectivity index (χ0) is 13.0. The molecule has 0 aromatic heterocycles. The van der Waals surface area contributed by atoms with Gasteiger partial charge in [-0.2, -0.15) is 0 Å². The van der Waals surface area contributed by atoms with E-state index in [0.29, 0.717) is 11.3 Å². The number of anilines is 1. The number of aryl methyl sites for hydroxylation is 2. The molecule has 0 aliphatic rings. The average Bonchev–Trinajstić information content (AvgIpc) is 2.22. The van der Waals surface area contributed by atoms with Crippen LogP contribution in [-0.4, -0.2) is 18.5 Å². The second-order valence-electron chi connectivity index (χ2n) is 3.88. The first-order valence-electron chi connectivity index (χ1n) is 5.24. The van der Waals surface area contributed by atoms with Crippen LogP contribution in [0.3, 0.4) is 0 Å². The summed E-state index contributed by atoms with van der Waals surface area (Å²) in [6.07, 6.45) is 0.0200. The fourth-order valence-electron chi connectivity index (χ4n) is 1.41. The summed E-state index contributed by atoms with van der Waals surface area (Å²) in [6.45, 7) is 3.66. The minimum Gasteiger partial charge on any atom is -0.462 e. The molecule has 1 aromatic rings. The van der Waals surface area contributed by atoms with Crippen LogP contribution in [0.15, 0.2) is 12.1 Å². The van der Waals surface area contributed by atoms with E-state index in [1.807, 2.05) is 13.0 Å². The van der Waals surface area contributed by atoms with Crippen LogP contribution >= 0.6 is 0 Å². The highest BCUT2D eigenvalue weighted by Gasteiger charge is 2.12. The zero-order valence-electron chi connectivity index (χ0n) is 9.95. The molecule has 0 fully saturated rings. The van der Waals surface area contributed by atoms with Crippen molar-refractivity contribution in [3.05, 3.63) is 28.8 Å². The topological polar surface area (TPSA) is 95.4 Å². The Hall–Kier alpha value is -2.04. The standard InChI is InChI=1S/C12H16N2O3/c1-7-5-8(2)10(13)6-9(7)12(16)17-4-3-11(14)15/h5-6H,3-4,13H2,1-2H3,(H2,14,15). The monoisotopic (exact) mass is 236 g/mol. The first-order chi connectivity index (χ1) is 7.91. The van der Waals surface area contributed by atoms with Gasteiger partial charge in [0.2, 0.25) is 5.91 Å². The number of hydrogen-bond acceptors (Lipinski definition) is 4. The minimum absolute atomic E-state index is 0.0125. The summed E-state index contributed by atoms with van der Waals surface area (Å²) < 4.78 is 4.92. The van der Waals surface area contributed by atoms with Gasteiger partial charge in [-0.25, -0.2) is 4.79 Å². The third-order valence-corrected chi connectivity index (χ3v) is 2.41. The number of nitrogen functional groups attached to an aromatic ring is 1. The highest BCUT2D eigenvalue weighted by Crippen LogP contribution is 2.18. The van der Waals surface area contributed by atoms with Gasteiger partial charge in [-0.3, -0.25) is 4.79 Å². The van der Waals surface area contributed by atoms with Crippen LogP contribution in [0, 0.1) is 13.8 Å². The summed E-state index contributed by atoms with van der Waals surface area (Å²) in [4.78, 5) is 22.2. The molecule has 0 aliphatic heterocycles. The Balaban J connectivity index is 2.75. The fraction of sp³-hybridized carbons (Fsp3) is 0.333. The van der Waals surface area contributed by atoms with E-state index in [4.69, 9.17) is 16.2 Å². The van der Waals surface area contributed by atoms with Crippen LogP contribution in [-0.2, 0) is 9.53 Å². The number of ether oxygens (including phenoxy) is 1. The Bertz CT molecular complexity index is 455. The van der Waals surface area contributed by atoms with E-state index in [-0.39, 0.29) is 13.0 Å². The Labute approximate surface area is 99.7 Å². The van der Waals surface area contributed by atoms with Crippen molar-refractivity contribution in [2.45, 2.75) is 20.3 Å². The number of carbonyl (C=O) groups is 2. The molecule has 1 amide bonds. The van der Waals surface area contributed by atoms with Gasteiger partial charge in [0.05, 0.1) is 12.0 Å². The SMILES string of the molecule is Cc1cc(C)c(C(=O)OCCC(N)=O)cc1N. The van der Waals surface area contributed by atoms with Crippen LogP contribution < -0.4 is 11.5 Å². The van der Waals surface area contributed by atoms with E-state index < -0.39 is 11.9 Å². The van der Waals surface area contributed by atoms with Crippen LogP contribution in [0.4, 0.5) is 5.69 Å². The van der Waals surface area contributed by atoms with Crippen LogP contribution in [0.1, 0.15) is 27.9 Å². The van der Waals surface area contributed by atoms with Gasteiger partial charge in [0.1, 0.15) is 6.61 Å². The molecule has 0 atom stereocenters. The van der Waals surface area contributed by atoms with Crippen LogP contribution in [0.2, 0.25) is 0 Å². The lowest BCUT2D eigenvalue weighted by Crippen LogP contribution is -2.16. The predicted octanol–water partition coefficient (Wildman–Crippen LogP) is 0.918. The Morgan fingerprint density at radius 3 is 2.47 bits per heavy atom. The van der Waals surface area contributed by atoms with Crippen molar-refractivity contribution in [1.29, 1.82) is 0 Å². The van der Waals surface area contributed by atoms with Gasteiger partial charge < -0.3 is 16.2 Å². The van der Waals surface area contributed by atoms with E-state index in [2.05, 4.69) is 0 Å². The largest absolute Gasteiger partial charge is 0.462 e. The van der Waals surface area contributed by atoms with Crippen molar-refractivity contribution in [3.8, 4) is 0 Å². The van der Waals surface area contributed by atoms with Crippen LogP contribution in [0.5, 0.6) is 0 Å². The zero-order valence-corrected chi connectivity index (χ0v) is 9.95. The first kappa shape index (κ1) is 13.0. The molecule has 0 bridgehead atoms. The fourth-order valence-corrected chi connectivity index (χ4v) is 1.41. The molecule has 0 saturated heterocycles. The lowest BCUT2D eigenvalue weighted by atomic mass is 10.0. The average molecular weight is 236 g/mol. The molecule has 0 unspecified atom stereocenters. The minimum atomic E-state index is -0.502. The summed E-state index contributed by atoms with van der Waals surface area (Å²) in [7, 11) is 0. The number of benzene rings is 1. The molecule has 1 aromatic carbocycles. The summed E-state index contributed by atoms with van der Waals surface area (Å²) in [6, 6.07) is 3.40. The molecule has 1 rings (SSSR count). The van der Waals surface area contributed by atoms with Crippen molar-refractivity contribution in [2.24, 2.45) is 5.73 Å². The molecule has 0 saturated carbocycles. The van der Waals surface area contributed by atoms with E-state index in [1.165, 1.54) is 0 Å². The quantitative estimate of drug-likeness (QED) is 0.600. The molecule has 4 N–H and O–H groups in total. The second kappa shape index (κ2) is 5.34. The lowest BCUT2D eigenvalue weighted by Gasteiger charge is -2.09. The van der Waals surface area contributed by atoms with E-state index in [9.17, 15) is 9.59 Å². The van der Waals surface area contributed by atoms with E-state index in [1.54, 1.807) is 13.0 Å². The van der Waals surface area contributed by atoms with Crippen molar-refractivity contribution in [1.82, 2.24) is 0 Å². The maximum absolute atomic E-state index is 11.7. The molecule has 0 aliphatic carbocycles. The summed E-state index contributed by atoms with van der Waals surface area (Å²) in [5, 5.41) is 0. The molecule has 0 radical (unpaired) electrons. The smallest absolute Gasteiger partial charge is 0.338 e. The lowest BCUT2D eigenvalue weighted by molar-refractivity contribution is -0.118. The highest BCUT2D eigenvalue weighted by molar-refractivity contribution is 5.92. The number of primary amides is 1. The van der Waals surface area contributed by atoms with Crippen LogP contribution in [0.25, 0.3) is 0 Å². The molecule has 5 heteroatoms. The van der Waals surface area contributed by atoms with Gasteiger partial charge in [0.15, 0.2) is 0 Å². The number of amides is 1. The third-order valence-electron chi connectivity index (χ3n) is 2.41. The van der Waals surface area contributed by atoms with Gasteiger partial charge in [-0.15, -0.1) is 0 Å². The van der Waals surface area contributed by atoms with Gasteiger partial charge in [0, 0.05) is 5.69 Å². The number of esters is 1. The van der Waals surface area contributed by atoms with Crippen molar-refractivity contribution < 1.29 is 14.3 Å². The van der Waals surface area contributed by atoms with Crippen molar-refractivity contribution >= 4 is 17.6 Å². The Kier molecular flexibility index (Phi) is 4.09. The Morgan fingerprint density at radius 2 is 1.88 bits per heavy atom. The van der Waals surface area contributed by atoms with E-state index in [0.717, 1.165) is 11.1 Å². The van der Waals surface area contributed by atoms with Gasteiger partial charge in [-0.05, 0) is 31.0 Å². The molecule has 0 heterocycles. The number of hydrogen-bond donors (Lipinski definition) is 2. The second-order valence-corrected chi connectivity index (χ2v) is 3.88. The first-order valence-corrected chi connectivity index (χ1v) is 5.24. The normalized spacial score (nSPS) is 10.0. The molecule has 0 spiro atoms. The molecular formula is C12H16N2O3.